The summed E-state index contributed by atoms with van der Waals surface area (Å²) in [6, 6.07) is -0.545. The van der Waals surface area contributed by atoms with E-state index in [-0.39, 0.29) is 18.4 Å². The van der Waals surface area contributed by atoms with Crippen molar-refractivity contribution in [2.45, 2.75) is 51.0 Å². The SMILES string of the molecule is O=C1CC(=O)N(C2CCCCCC2)C(=O)N1. The fourth-order valence-electron chi connectivity index (χ4n) is 2.44. The number of imide groups is 2. The number of amides is 4. The van der Waals surface area contributed by atoms with Crippen LogP contribution in [0.3, 0.4) is 0 Å². The van der Waals surface area contributed by atoms with Crippen molar-refractivity contribution in [3.05, 3.63) is 0 Å². The van der Waals surface area contributed by atoms with Gasteiger partial charge in [-0.2, -0.15) is 0 Å². The highest BCUT2D eigenvalue weighted by molar-refractivity contribution is 6.14. The standard InChI is InChI=1S/C11H16N2O3/c14-9-7-10(15)13(11(16)12-9)8-5-3-1-2-4-6-8/h8H,1-7H2,(H,12,14,16). The van der Waals surface area contributed by atoms with Crippen molar-refractivity contribution in [1.29, 1.82) is 0 Å². The highest BCUT2D eigenvalue weighted by Crippen LogP contribution is 2.23. The Morgan fingerprint density at radius 3 is 2.19 bits per heavy atom. The molecule has 1 N–H and O–H groups in total. The van der Waals surface area contributed by atoms with Gasteiger partial charge in [0.1, 0.15) is 6.42 Å². The van der Waals surface area contributed by atoms with Gasteiger partial charge in [-0.3, -0.25) is 19.8 Å². The van der Waals surface area contributed by atoms with Gasteiger partial charge in [0.05, 0.1) is 0 Å². The van der Waals surface area contributed by atoms with Crippen LogP contribution in [0.5, 0.6) is 0 Å². The molecule has 0 atom stereocenters. The first-order valence-corrected chi connectivity index (χ1v) is 5.84. The zero-order valence-corrected chi connectivity index (χ0v) is 9.20. The summed E-state index contributed by atoms with van der Waals surface area (Å²) < 4.78 is 0. The van der Waals surface area contributed by atoms with E-state index >= 15 is 0 Å². The monoisotopic (exact) mass is 224 g/mol. The fraction of sp³-hybridized carbons (Fsp3) is 0.727. The van der Waals surface area contributed by atoms with Crippen molar-refractivity contribution in [3.8, 4) is 0 Å². The molecule has 2 rings (SSSR count). The van der Waals surface area contributed by atoms with Crippen molar-refractivity contribution < 1.29 is 14.4 Å². The minimum atomic E-state index is -0.534. The molecule has 1 saturated carbocycles. The molecule has 5 nitrogen and oxygen atoms in total. The van der Waals surface area contributed by atoms with Crippen molar-refractivity contribution in [3.63, 3.8) is 0 Å². The lowest BCUT2D eigenvalue weighted by molar-refractivity contribution is -0.137. The van der Waals surface area contributed by atoms with Crippen LogP contribution in [-0.2, 0) is 9.59 Å². The Morgan fingerprint density at radius 1 is 1.00 bits per heavy atom. The van der Waals surface area contributed by atoms with Crippen molar-refractivity contribution in [1.82, 2.24) is 10.2 Å². The molecule has 0 spiro atoms. The molecule has 88 valence electrons. The molecule has 16 heavy (non-hydrogen) atoms. The Bertz CT molecular complexity index is 299. The van der Waals surface area contributed by atoms with Crippen LogP contribution in [0.25, 0.3) is 0 Å². The number of carbonyl (C=O) groups is 3. The fourth-order valence-corrected chi connectivity index (χ4v) is 2.44. The molecule has 5 heteroatoms. The highest BCUT2D eigenvalue weighted by atomic mass is 16.2. The Kier molecular flexibility index (Phi) is 3.22. The number of hydrogen-bond donors (Lipinski definition) is 1. The lowest BCUT2D eigenvalue weighted by Gasteiger charge is -2.31. The minimum absolute atomic E-state index is 0.0110. The van der Waals surface area contributed by atoms with Crippen molar-refractivity contribution in [2.24, 2.45) is 0 Å². The number of carbonyl (C=O) groups excluding carboxylic acids is 3. The van der Waals surface area contributed by atoms with Crippen LogP contribution in [0.15, 0.2) is 0 Å². The van der Waals surface area contributed by atoms with Crippen LogP contribution in [-0.4, -0.2) is 28.8 Å². The van der Waals surface area contributed by atoms with E-state index in [1.54, 1.807) is 0 Å². The summed E-state index contributed by atoms with van der Waals surface area (Å²) in [5.41, 5.74) is 0. The van der Waals surface area contributed by atoms with Gasteiger partial charge in [-0.1, -0.05) is 25.7 Å². The number of urea groups is 1. The molecule has 1 aliphatic carbocycles. The largest absolute Gasteiger partial charge is 0.331 e. The van der Waals surface area contributed by atoms with Crippen LogP contribution in [0, 0.1) is 0 Å². The van der Waals surface area contributed by atoms with Gasteiger partial charge in [-0.25, -0.2) is 4.79 Å². The molecule has 0 radical (unpaired) electrons. The third-order valence-corrected chi connectivity index (χ3v) is 3.24. The second-order valence-corrected chi connectivity index (χ2v) is 4.44. The first kappa shape index (κ1) is 11.1. The van der Waals surface area contributed by atoms with Crippen LogP contribution in [0.2, 0.25) is 0 Å². The maximum atomic E-state index is 11.7. The van der Waals surface area contributed by atoms with E-state index in [1.807, 2.05) is 0 Å². The van der Waals surface area contributed by atoms with Gasteiger partial charge >= 0.3 is 6.03 Å². The molecule has 0 unspecified atom stereocenters. The topological polar surface area (TPSA) is 66.5 Å². The number of nitrogens with one attached hydrogen (secondary N) is 1. The molecule has 2 fully saturated rings. The molecule has 4 amide bonds. The third kappa shape index (κ3) is 2.23. The highest BCUT2D eigenvalue weighted by Gasteiger charge is 2.35. The van der Waals surface area contributed by atoms with Crippen LogP contribution >= 0.6 is 0 Å². The molecule has 0 aromatic rings. The van der Waals surface area contributed by atoms with Gasteiger partial charge in [0.15, 0.2) is 0 Å². The number of barbiturate groups is 1. The van der Waals surface area contributed by atoms with Crippen molar-refractivity contribution >= 4 is 17.8 Å². The van der Waals surface area contributed by atoms with E-state index in [9.17, 15) is 14.4 Å². The summed E-state index contributed by atoms with van der Waals surface area (Å²) in [7, 11) is 0. The molecule has 0 bridgehead atoms. The zero-order valence-electron chi connectivity index (χ0n) is 9.20. The lowest BCUT2D eigenvalue weighted by atomic mass is 10.1. The molecule has 1 saturated heterocycles. The van der Waals surface area contributed by atoms with Gasteiger partial charge in [0, 0.05) is 6.04 Å². The first-order valence-electron chi connectivity index (χ1n) is 5.84. The number of rotatable bonds is 1. The second-order valence-electron chi connectivity index (χ2n) is 4.44. The summed E-state index contributed by atoms with van der Waals surface area (Å²) in [5, 5.41) is 2.20. The number of nitrogens with zero attached hydrogens (tertiary/aromatic N) is 1. The Hall–Kier alpha value is -1.39. The maximum absolute atomic E-state index is 11.7. The van der Waals surface area contributed by atoms with Crippen LogP contribution in [0.4, 0.5) is 4.79 Å². The Balaban J connectivity index is 2.08. The van der Waals surface area contributed by atoms with E-state index in [0.717, 1.165) is 25.7 Å². The molecular formula is C11H16N2O3. The molecular weight excluding hydrogens is 208 g/mol. The Labute approximate surface area is 94.2 Å². The quantitative estimate of drug-likeness (QED) is 0.537. The van der Waals surface area contributed by atoms with E-state index < -0.39 is 11.9 Å². The molecule has 1 heterocycles. The third-order valence-electron chi connectivity index (χ3n) is 3.24. The summed E-state index contributed by atoms with van der Waals surface area (Å²) in [5.74, 6) is -0.833. The summed E-state index contributed by atoms with van der Waals surface area (Å²) >= 11 is 0. The predicted octanol–water partition coefficient (Wildman–Crippen LogP) is 1.18. The van der Waals surface area contributed by atoms with Gasteiger partial charge in [-0.05, 0) is 12.8 Å². The maximum Gasteiger partial charge on any atom is 0.331 e. The second kappa shape index (κ2) is 4.63. The molecule has 0 aromatic carbocycles. The summed E-state index contributed by atoms with van der Waals surface area (Å²) in [6.45, 7) is 0. The van der Waals surface area contributed by atoms with Crippen molar-refractivity contribution in [2.75, 3.05) is 0 Å². The van der Waals surface area contributed by atoms with Gasteiger partial charge in [0.2, 0.25) is 11.8 Å². The van der Waals surface area contributed by atoms with E-state index in [1.165, 1.54) is 17.7 Å². The minimum Gasteiger partial charge on any atom is -0.277 e. The van der Waals surface area contributed by atoms with E-state index in [2.05, 4.69) is 5.32 Å². The molecule has 0 aromatic heterocycles. The van der Waals surface area contributed by atoms with Gasteiger partial charge < -0.3 is 0 Å². The average Bonchev–Trinajstić information content (AvgIpc) is 2.44. The van der Waals surface area contributed by atoms with E-state index in [4.69, 9.17) is 0 Å². The summed E-state index contributed by atoms with van der Waals surface area (Å²) in [6.07, 6.45) is 5.98. The smallest absolute Gasteiger partial charge is 0.277 e. The van der Waals surface area contributed by atoms with Crippen LogP contribution in [0.1, 0.15) is 44.9 Å². The van der Waals surface area contributed by atoms with Gasteiger partial charge in [-0.15, -0.1) is 0 Å². The lowest BCUT2D eigenvalue weighted by Crippen LogP contribution is -2.56. The van der Waals surface area contributed by atoms with Gasteiger partial charge in [0.25, 0.3) is 0 Å². The molecule has 2 aliphatic rings. The average molecular weight is 224 g/mol. The zero-order chi connectivity index (χ0) is 11.5. The first-order chi connectivity index (χ1) is 7.68. The van der Waals surface area contributed by atoms with E-state index in [0.29, 0.717) is 0 Å². The predicted molar refractivity (Wildman–Crippen MR) is 56.5 cm³/mol. The Morgan fingerprint density at radius 2 is 1.62 bits per heavy atom. The number of hydrogen-bond acceptors (Lipinski definition) is 3. The summed E-state index contributed by atoms with van der Waals surface area (Å²) in [4.78, 5) is 35.5. The van der Waals surface area contributed by atoms with Crippen LogP contribution < -0.4 is 5.32 Å². The molecule has 1 aliphatic heterocycles. The normalized spacial score (nSPS) is 24.2.